The Bertz CT molecular complexity index is 308. The fourth-order valence-electron chi connectivity index (χ4n) is 1.17. The molecule has 0 saturated heterocycles. The molecule has 0 unspecified atom stereocenters. The molecular formula is C9H11F2N. The van der Waals surface area contributed by atoms with Gasteiger partial charge in [0.15, 0.2) is 0 Å². The van der Waals surface area contributed by atoms with E-state index in [-0.39, 0.29) is 16.8 Å². The predicted octanol–water partition coefficient (Wildman–Crippen LogP) is 2.42. The van der Waals surface area contributed by atoms with Crippen LogP contribution in [0.1, 0.15) is 18.1 Å². The molecule has 1 aromatic carbocycles. The van der Waals surface area contributed by atoms with Gasteiger partial charge >= 0.3 is 0 Å². The molecule has 0 aliphatic carbocycles. The van der Waals surface area contributed by atoms with Crippen LogP contribution in [0.2, 0.25) is 0 Å². The summed E-state index contributed by atoms with van der Waals surface area (Å²) in [4.78, 5) is 0. The molecule has 1 nitrogen and oxygen atoms in total. The molecule has 0 amide bonds. The van der Waals surface area contributed by atoms with Crippen molar-refractivity contribution in [1.82, 2.24) is 0 Å². The summed E-state index contributed by atoms with van der Waals surface area (Å²) in [5.41, 5.74) is 5.83. The van der Waals surface area contributed by atoms with Crippen LogP contribution < -0.4 is 5.73 Å². The molecule has 0 aliphatic heterocycles. The minimum absolute atomic E-state index is 0.0602. The summed E-state index contributed by atoms with van der Waals surface area (Å²) in [7, 11) is 0. The highest BCUT2D eigenvalue weighted by Crippen LogP contribution is 2.23. The summed E-state index contributed by atoms with van der Waals surface area (Å²) >= 11 is 0. The Morgan fingerprint density at radius 1 is 1.42 bits per heavy atom. The highest BCUT2D eigenvalue weighted by atomic mass is 19.1. The molecule has 2 N–H and O–H groups in total. The van der Waals surface area contributed by atoms with Gasteiger partial charge in [0, 0.05) is 5.56 Å². The zero-order valence-electron chi connectivity index (χ0n) is 7.12. The van der Waals surface area contributed by atoms with Gasteiger partial charge in [0.1, 0.15) is 11.6 Å². The Morgan fingerprint density at radius 3 is 2.50 bits per heavy atom. The van der Waals surface area contributed by atoms with E-state index >= 15 is 0 Å². The maximum atomic E-state index is 13.1. The maximum Gasteiger partial charge on any atom is 0.149 e. The third-order valence-corrected chi connectivity index (χ3v) is 1.89. The lowest BCUT2D eigenvalue weighted by Crippen LogP contribution is -2.02. The van der Waals surface area contributed by atoms with E-state index in [2.05, 4.69) is 0 Å². The van der Waals surface area contributed by atoms with Crippen molar-refractivity contribution >= 4 is 5.69 Å². The largest absolute Gasteiger partial charge is 0.396 e. The van der Waals surface area contributed by atoms with Gasteiger partial charge in [-0.3, -0.25) is 0 Å². The number of hydrogen-bond acceptors (Lipinski definition) is 1. The fourth-order valence-corrected chi connectivity index (χ4v) is 1.17. The highest BCUT2D eigenvalue weighted by molar-refractivity contribution is 5.51. The van der Waals surface area contributed by atoms with Crippen molar-refractivity contribution in [3.8, 4) is 0 Å². The molecule has 0 saturated carbocycles. The van der Waals surface area contributed by atoms with Crippen LogP contribution in [0.25, 0.3) is 0 Å². The molecular weight excluding hydrogens is 160 g/mol. The zero-order chi connectivity index (χ0) is 9.30. The number of halogens is 2. The van der Waals surface area contributed by atoms with Crippen LogP contribution >= 0.6 is 0 Å². The molecule has 0 atom stereocenters. The van der Waals surface area contributed by atoms with E-state index in [9.17, 15) is 8.78 Å². The standard InChI is InChI=1S/C9H11F2N/c1-3-6-7(10)4-5(2)8(11)9(6)12/h4H,3,12H2,1-2H3. The molecule has 0 aromatic heterocycles. The summed E-state index contributed by atoms with van der Waals surface area (Å²) in [6, 6.07) is 1.17. The van der Waals surface area contributed by atoms with E-state index in [0.717, 1.165) is 0 Å². The van der Waals surface area contributed by atoms with Gasteiger partial charge in [-0.1, -0.05) is 6.92 Å². The van der Waals surface area contributed by atoms with Crippen LogP contribution in [-0.4, -0.2) is 0 Å². The molecule has 1 aromatic rings. The molecule has 0 spiro atoms. The van der Waals surface area contributed by atoms with Gasteiger partial charge in [-0.2, -0.15) is 0 Å². The molecule has 0 bridgehead atoms. The number of anilines is 1. The minimum Gasteiger partial charge on any atom is -0.396 e. The van der Waals surface area contributed by atoms with Gasteiger partial charge in [-0.15, -0.1) is 0 Å². The monoisotopic (exact) mass is 171 g/mol. The summed E-state index contributed by atoms with van der Waals surface area (Å²) in [5.74, 6) is -0.929. The average molecular weight is 171 g/mol. The molecule has 1 rings (SSSR count). The smallest absolute Gasteiger partial charge is 0.149 e. The van der Waals surface area contributed by atoms with Crippen LogP contribution in [0.3, 0.4) is 0 Å². The van der Waals surface area contributed by atoms with Gasteiger partial charge in [0.25, 0.3) is 0 Å². The Hall–Kier alpha value is -1.12. The first-order chi connectivity index (χ1) is 5.57. The van der Waals surface area contributed by atoms with E-state index < -0.39 is 11.6 Å². The quantitative estimate of drug-likeness (QED) is 0.645. The third kappa shape index (κ3) is 1.26. The first-order valence-corrected chi connectivity index (χ1v) is 3.80. The van der Waals surface area contributed by atoms with Crippen molar-refractivity contribution in [2.75, 3.05) is 5.73 Å². The van der Waals surface area contributed by atoms with Crippen molar-refractivity contribution in [2.24, 2.45) is 0 Å². The lowest BCUT2D eigenvalue weighted by Gasteiger charge is -2.07. The molecule has 0 aliphatic rings. The van der Waals surface area contributed by atoms with E-state index in [0.29, 0.717) is 6.42 Å². The third-order valence-electron chi connectivity index (χ3n) is 1.89. The van der Waals surface area contributed by atoms with Crippen molar-refractivity contribution in [3.63, 3.8) is 0 Å². The second-order valence-corrected chi connectivity index (χ2v) is 2.74. The lowest BCUT2D eigenvalue weighted by molar-refractivity contribution is 0.585. The van der Waals surface area contributed by atoms with Crippen molar-refractivity contribution in [2.45, 2.75) is 20.3 Å². The number of benzene rings is 1. The topological polar surface area (TPSA) is 26.0 Å². The fraction of sp³-hybridized carbons (Fsp3) is 0.333. The minimum atomic E-state index is -0.506. The second-order valence-electron chi connectivity index (χ2n) is 2.74. The number of nitrogen functional groups attached to an aromatic ring is 1. The molecule has 0 fully saturated rings. The lowest BCUT2D eigenvalue weighted by atomic mass is 10.1. The van der Waals surface area contributed by atoms with Crippen LogP contribution in [-0.2, 0) is 6.42 Å². The van der Waals surface area contributed by atoms with E-state index in [1.807, 2.05) is 0 Å². The predicted molar refractivity (Wildman–Crippen MR) is 44.9 cm³/mol. The maximum absolute atomic E-state index is 13.1. The van der Waals surface area contributed by atoms with E-state index in [1.165, 1.54) is 13.0 Å². The average Bonchev–Trinajstić information content (AvgIpc) is 2.01. The number of hydrogen-bond donors (Lipinski definition) is 1. The van der Waals surface area contributed by atoms with Crippen LogP contribution in [0, 0.1) is 18.6 Å². The number of aryl methyl sites for hydroxylation is 1. The van der Waals surface area contributed by atoms with Crippen LogP contribution in [0.4, 0.5) is 14.5 Å². The highest BCUT2D eigenvalue weighted by Gasteiger charge is 2.11. The van der Waals surface area contributed by atoms with E-state index in [4.69, 9.17) is 5.73 Å². The number of rotatable bonds is 1. The summed E-state index contributed by atoms with van der Waals surface area (Å²) < 4.78 is 26.1. The summed E-state index contributed by atoms with van der Waals surface area (Å²) in [6.07, 6.45) is 0.412. The first-order valence-electron chi connectivity index (χ1n) is 3.80. The molecule has 12 heavy (non-hydrogen) atoms. The Kier molecular flexibility index (Phi) is 2.31. The van der Waals surface area contributed by atoms with Gasteiger partial charge < -0.3 is 5.73 Å². The normalized spacial score (nSPS) is 10.3. The Labute approximate surface area is 70.2 Å². The Morgan fingerprint density at radius 2 is 2.00 bits per heavy atom. The zero-order valence-corrected chi connectivity index (χ0v) is 7.12. The van der Waals surface area contributed by atoms with Crippen molar-refractivity contribution in [1.29, 1.82) is 0 Å². The molecule has 66 valence electrons. The van der Waals surface area contributed by atoms with Gasteiger partial charge in [-0.25, -0.2) is 8.78 Å². The Balaban J connectivity index is 3.40. The number of nitrogens with two attached hydrogens (primary N) is 1. The first kappa shape index (κ1) is 8.97. The van der Waals surface area contributed by atoms with Gasteiger partial charge in [0.05, 0.1) is 5.69 Å². The SMILES string of the molecule is CCc1c(F)cc(C)c(F)c1N. The summed E-state index contributed by atoms with van der Waals surface area (Å²) in [6.45, 7) is 3.23. The summed E-state index contributed by atoms with van der Waals surface area (Å²) in [5, 5.41) is 0. The van der Waals surface area contributed by atoms with Gasteiger partial charge in [0.2, 0.25) is 0 Å². The molecule has 0 heterocycles. The van der Waals surface area contributed by atoms with E-state index in [1.54, 1.807) is 6.92 Å². The molecule has 3 heteroatoms. The molecule has 0 radical (unpaired) electrons. The van der Waals surface area contributed by atoms with Crippen molar-refractivity contribution < 1.29 is 8.78 Å². The van der Waals surface area contributed by atoms with Gasteiger partial charge in [-0.05, 0) is 25.0 Å². The van der Waals surface area contributed by atoms with Crippen LogP contribution in [0.5, 0.6) is 0 Å². The second kappa shape index (κ2) is 3.09. The van der Waals surface area contributed by atoms with Crippen LogP contribution in [0.15, 0.2) is 6.07 Å². The van der Waals surface area contributed by atoms with Crippen molar-refractivity contribution in [3.05, 3.63) is 28.8 Å².